The van der Waals surface area contributed by atoms with Gasteiger partial charge in [-0.1, -0.05) is 25.1 Å². The Kier molecular flexibility index (Phi) is 7.89. The molecule has 1 N–H and O–H groups in total. The first-order chi connectivity index (χ1) is 16.2. The molecule has 0 bridgehead atoms. The highest BCUT2D eigenvalue weighted by Crippen LogP contribution is 2.30. The number of ether oxygens (including phenoxy) is 2. The fraction of sp³-hybridized carbons (Fsp3) is 0.444. The first-order valence-electron chi connectivity index (χ1n) is 12.1. The van der Waals surface area contributed by atoms with Gasteiger partial charge >= 0.3 is 0 Å². The minimum Gasteiger partial charge on any atom is -0.494 e. The molecule has 1 aliphatic heterocycles. The predicted octanol–water partition coefficient (Wildman–Crippen LogP) is 5.79. The molecule has 0 saturated carbocycles. The smallest absolute Gasteiger partial charge is 0.224 e. The predicted molar refractivity (Wildman–Crippen MR) is 131 cm³/mol. The SMILES string of the molecule is CCCN(CCCCOc1ccc2c(c1)NC(=O)CC2)Cc1cc2cccc(OCC)c2o1. The molecule has 0 atom stereocenters. The maximum atomic E-state index is 11.6. The molecule has 176 valence electrons. The summed E-state index contributed by atoms with van der Waals surface area (Å²) in [4.78, 5) is 14.0. The highest BCUT2D eigenvalue weighted by molar-refractivity contribution is 5.94. The second kappa shape index (κ2) is 11.2. The van der Waals surface area contributed by atoms with E-state index in [0.29, 0.717) is 19.6 Å². The first kappa shape index (κ1) is 23.2. The number of fused-ring (bicyclic) bond motifs is 2. The molecule has 0 saturated heterocycles. The molecule has 6 nitrogen and oxygen atoms in total. The van der Waals surface area contributed by atoms with Crippen molar-refractivity contribution in [1.82, 2.24) is 4.90 Å². The van der Waals surface area contributed by atoms with E-state index < -0.39 is 0 Å². The quantitative estimate of drug-likeness (QED) is 0.354. The van der Waals surface area contributed by atoms with Crippen LogP contribution in [0.3, 0.4) is 0 Å². The van der Waals surface area contributed by atoms with E-state index in [1.807, 2.05) is 31.2 Å². The fourth-order valence-electron chi connectivity index (χ4n) is 4.31. The average Bonchev–Trinajstić information content (AvgIpc) is 3.22. The number of carbonyl (C=O) groups is 1. The third-order valence-electron chi connectivity index (χ3n) is 5.89. The summed E-state index contributed by atoms with van der Waals surface area (Å²) in [5.74, 6) is 2.67. The topological polar surface area (TPSA) is 63.9 Å². The number of nitrogens with one attached hydrogen (secondary N) is 1. The minimum atomic E-state index is 0.0780. The standard InChI is InChI=1S/C27H34N2O4/c1-3-14-29(19-23-17-21-8-7-9-25(31-4-2)27(21)33-23)15-5-6-16-32-22-12-10-20-11-13-26(30)28-24(20)18-22/h7-10,12,17-18H,3-6,11,13-16,19H2,1-2H3,(H,28,30). The highest BCUT2D eigenvalue weighted by atomic mass is 16.5. The lowest BCUT2D eigenvalue weighted by Gasteiger charge is -2.20. The van der Waals surface area contributed by atoms with Crippen LogP contribution in [0.4, 0.5) is 5.69 Å². The summed E-state index contributed by atoms with van der Waals surface area (Å²) in [6, 6.07) is 14.1. The summed E-state index contributed by atoms with van der Waals surface area (Å²) in [5.41, 5.74) is 2.90. The van der Waals surface area contributed by atoms with Crippen LogP contribution in [0.2, 0.25) is 0 Å². The van der Waals surface area contributed by atoms with Crippen LogP contribution in [-0.4, -0.2) is 37.1 Å². The van der Waals surface area contributed by atoms with Crippen molar-refractivity contribution in [3.8, 4) is 11.5 Å². The second-order valence-electron chi connectivity index (χ2n) is 8.52. The van der Waals surface area contributed by atoms with E-state index in [9.17, 15) is 4.79 Å². The number of rotatable bonds is 12. The molecule has 6 heteroatoms. The Bertz CT molecular complexity index is 1080. The zero-order chi connectivity index (χ0) is 23.0. The summed E-state index contributed by atoms with van der Waals surface area (Å²) < 4.78 is 17.8. The van der Waals surface area contributed by atoms with Crippen LogP contribution < -0.4 is 14.8 Å². The summed E-state index contributed by atoms with van der Waals surface area (Å²) >= 11 is 0. The Morgan fingerprint density at radius 2 is 1.94 bits per heavy atom. The number of amides is 1. The van der Waals surface area contributed by atoms with Crippen molar-refractivity contribution < 1.29 is 18.7 Å². The van der Waals surface area contributed by atoms with Crippen LogP contribution >= 0.6 is 0 Å². The molecule has 0 spiro atoms. The highest BCUT2D eigenvalue weighted by Gasteiger charge is 2.15. The van der Waals surface area contributed by atoms with E-state index in [4.69, 9.17) is 13.9 Å². The summed E-state index contributed by atoms with van der Waals surface area (Å²) in [6.07, 6.45) is 4.47. The number of hydrogen-bond acceptors (Lipinski definition) is 5. The molecule has 3 aromatic rings. The van der Waals surface area contributed by atoms with Crippen LogP contribution in [0.1, 0.15) is 50.9 Å². The van der Waals surface area contributed by atoms with E-state index in [-0.39, 0.29) is 5.91 Å². The number of carbonyl (C=O) groups excluding carboxylic acids is 1. The van der Waals surface area contributed by atoms with Gasteiger partial charge in [0.2, 0.25) is 5.91 Å². The van der Waals surface area contributed by atoms with Crippen LogP contribution in [0, 0.1) is 0 Å². The Labute approximate surface area is 195 Å². The lowest BCUT2D eigenvalue weighted by Crippen LogP contribution is -2.25. The number of nitrogens with zero attached hydrogens (tertiary/aromatic N) is 1. The Morgan fingerprint density at radius 3 is 2.79 bits per heavy atom. The van der Waals surface area contributed by atoms with Crippen molar-refractivity contribution in [3.63, 3.8) is 0 Å². The Balaban J connectivity index is 1.26. The number of hydrogen-bond donors (Lipinski definition) is 1. The molecule has 0 fully saturated rings. The molecule has 4 rings (SSSR count). The van der Waals surface area contributed by atoms with Crippen LogP contribution in [-0.2, 0) is 17.8 Å². The van der Waals surface area contributed by atoms with Crippen molar-refractivity contribution in [2.45, 2.75) is 52.5 Å². The van der Waals surface area contributed by atoms with Crippen molar-refractivity contribution in [2.75, 3.05) is 31.6 Å². The van der Waals surface area contributed by atoms with Gasteiger partial charge in [-0.05, 0) is 69.5 Å². The number of unbranched alkanes of at least 4 members (excludes halogenated alkanes) is 1. The van der Waals surface area contributed by atoms with Crippen molar-refractivity contribution >= 4 is 22.6 Å². The molecule has 2 heterocycles. The number of aryl methyl sites for hydroxylation is 1. The zero-order valence-electron chi connectivity index (χ0n) is 19.7. The Morgan fingerprint density at radius 1 is 1.03 bits per heavy atom. The molecule has 1 aromatic heterocycles. The van der Waals surface area contributed by atoms with Crippen LogP contribution in [0.25, 0.3) is 11.0 Å². The third-order valence-corrected chi connectivity index (χ3v) is 5.89. The first-order valence-corrected chi connectivity index (χ1v) is 12.1. The summed E-state index contributed by atoms with van der Waals surface area (Å²) in [7, 11) is 0. The van der Waals surface area contributed by atoms with Crippen molar-refractivity contribution in [1.29, 1.82) is 0 Å². The maximum absolute atomic E-state index is 11.6. The van der Waals surface area contributed by atoms with E-state index in [1.54, 1.807) is 0 Å². The number of furan rings is 1. The third kappa shape index (κ3) is 6.08. The van der Waals surface area contributed by atoms with Crippen molar-refractivity contribution in [3.05, 3.63) is 53.8 Å². The lowest BCUT2D eigenvalue weighted by atomic mass is 10.0. The Hall–Kier alpha value is -2.99. The van der Waals surface area contributed by atoms with Gasteiger partial charge in [-0.3, -0.25) is 9.69 Å². The van der Waals surface area contributed by atoms with Gasteiger partial charge in [0, 0.05) is 23.6 Å². The summed E-state index contributed by atoms with van der Waals surface area (Å²) in [6.45, 7) is 8.29. The van der Waals surface area contributed by atoms with Crippen molar-refractivity contribution in [2.24, 2.45) is 0 Å². The molecule has 0 radical (unpaired) electrons. The van der Waals surface area contributed by atoms with Gasteiger partial charge in [-0.15, -0.1) is 0 Å². The van der Waals surface area contributed by atoms with Crippen LogP contribution in [0.15, 0.2) is 46.9 Å². The van der Waals surface area contributed by atoms with Crippen LogP contribution in [0.5, 0.6) is 11.5 Å². The van der Waals surface area contributed by atoms with E-state index in [1.165, 1.54) is 5.56 Å². The molecular formula is C27H34N2O4. The lowest BCUT2D eigenvalue weighted by molar-refractivity contribution is -0.116. The molecular weight excluding hydrogens is 416 g/mol. The number of para-hydroxylation sites is 1. The largest absolute Gasteiger partial charge is 0.494 e. The monoisotopic (exact) mass is 450 g/mol. The van der Waals surface area contributed by atoms with Gasteiger partial charge in [0.05, 0.1) is 19.8 Å². The summed E-state index contributed by atoms with van der Waals surface area (Å²) in [5, 5.41) is 4.02. The average molecular weight is 451 g/mol. The maximum Gasteiger partial charge on any atom is 0.224 e. The van der Waals surface area contributed by atoms with Gasteiger partial charge in [-0.25, -0.2) is 0 Å². The number of benzene rings is 2. The normalized spacial score (nSPS) is 13.2. The molecule has 1 amide bonds. The van der Waals surface area contributed by atoms with Gasteiger partial charge in [0.15, 0.2) is 11.3 Å². The van der Waals surface area contributed by atoms with Gasteiger partial charge < -0.3 is 19.2 Å². The van der Waals surface area contributed by atoms with E-state index >= 15 is 0 Å². The van der Waals surface area contributed by atoms with Gasteiger partial charge in [0.25, 0.3) is 0 Å². The molecule has 0 aliphatic carbocycles. The van der Waals surface area contributed by atoms with E-state index in [0.717, 1.165) is 79.2 Å². The number of anilines is 1. The van der Waals surface area contributed by atoms with Gasteiger partial charge in [0.1, 0.15) is 11.5 Å². The second-order valence-corrected chi connectivity index (χ2v) is 8.52. The molecule has 1 aliphatic rings. The molecule has 2 aromatic carbocycles. The van der Waals surface area contributed by atoms with E-state index in [2.05, 4.69) is 35.3 Å². The zero-order valence-corrected chi connectivity index (χ0v) is 19.7. The fourth-order valence-corrected chi connectivity index (χ4v) is 4.31. The molecule has 33 heavy (non-hydrogen) atoms. The molecule has 0 unspecified atom stereocenters. The van der Waals surface area contributed by atoms with Gasteiger partial charge in [-0.2, -0.15) is 0 Å². The minimum absolute atomic E-state index is 0.0780.